The maximum absolute atomic E-state index is 11.3. The van der Waals surface area contributed by atoms with Gasteiger partial charge >= 0.3 is 5.97 Å². The number of benzene rings is 2. The van der Waals surface area contributed by atoms with Crippen molar-refractivity contribution in [2.45, 2.75) is 5.92 Å². The molecule has 0 fully saturated rings. The number of esters is 1. The summed E-state index contributed by atoms with van der Waals surface area (Å²) in [5.41, 5.74) is 2.23. The van der Waals surface area contributed by atoms with Gasteiger partial charge in [0, 0.05) is 12.0 Å². The molecule has 0 N–H and O–H groups in total. The average Bonchev–Trinajstić information content (AvgIpc) is 2.56. The van der Waals surface area contributed by atoms with Crippen LogP contribution in [0.4, 0.5) is 0 Å². The Morgan fingerprint density at radius 3 is 2.29 bits per heavy atom. The van der Waals surface area contributed by atoms with E-state index in [1.165, 1.54) is 6.08 Å². The van der Waals surface area contributed by atoms with Crippen LogP contribution in [-0.4, -0.2) is 12.6 Å². The SMILES string of the molecule is C=CC(=O)OCC(/C=C/c1ccccc1)c1ccccc1. The van der Waals surface area contributed by atoms with Crippen molar-refractivity contribution in [2.24, 2.45) is 0 Å². The molecule has 0 heterocycles. The Morgan fingerprint density at radius 2 is 1.67 bits per heavy atom. The molecule has 0 aromatic heterocycles. The zero-order chi connectivity index (χ0) is 14.9. The minimum absolute atomic E-state index is 0.0234. The summed E-state index contributed by atoms with van der Waals surface area (Å²) in [5.74, 6) is -0.376. The predicted molar refractivity (Wildman–Crippen MR) is 85.8 cm³/mol. The summed E-state index contributed by atoms with van der Waals surface area (Å²) in [5, 5.41) is 0. The number of ether oxygens (including phenoxy) is 1. The quantitative estimate of drug-likeness (QED) is 0.584. The second-order valence-corrected chi connectivity index (χ2v) is 4.62. The zero-order valence-corrected chi connectivity index (χ0v) is 11.8. The number of hydrogen-bond acceptors (Lipinski definition) is 2. The maximum Gasteiger partial charge on any atom is 0.330 e. The van der Waals surface area contributed by atoms with Crippen LogP contribution in [0, 0.1) is 0 Å². The molecule has 21 heavy (non-hydrogen) atoms. The van der Waals surface area contributed by atoms with E-state index in [2.05, 4.69) is 12.7 Å². The molecule has 2 rings (SSSR count). The number of hydrogen-bond donors (Lipinski definition) is 0. The molecule has 1 atom stereocenters. The van der Waals surface area contributed by atoms with Gasteiger partial charge in [0.05, 0.1) is 0 Å². The third kappa shape index (κ3) is 4.77. The fourth-order valence-electron chi connectivity index (χ4n) is 1.99. The van der Waals surface area contributed by atoms with Crippen molar-refractivity contribution in [3.63, 3.8) is 0 Å². The lowest BCUT2D eigenvalue weighted by Crippen LogP contribution is -2.09. The van der Waals surface area contributed by atoms with E-state index in [1.807, 2.05) is 66.7 Å². The Kier molecular flexibility index (Phi) is 5.53. The Bertz CT molecular complexity index is 600. The average molecular weight is 278 g/mol. The van der Waals surface area contributed by atoms with E-state index >= 15 is 0 Å². The lowest BCUT2D eigenvalue weighted by molar-refractivity contribution is -0.137. The van der Waals surface area contributed by atoms with E-state index in [1.54, 1.807) is 0 Å². The monoisotopic (exact) mass is 278 g/mol. The van der Waals surface area contributed by atoms with Crippen molar-refractivity contribution >= 4 is 12.0 Å². The summed E-state index contributed by atoms with van der Waals surface area (Å²) in [7, 11) is 0. The highest BCUT2D eigenvalue weighted by Gasteiger charge is 2.10. The van der Waals surface area contributed by atoms with Crippen LogP contribution in [0.5, 0.6) is 0 Å². The molecule has 0 saturated carbocycles. The highest BCUT2D eigenvalue weighted by atomic mass is 16.5. The first-order valence-electron chi connectivity index (χ1n) is 6.87. The first kappa shape index (κ1) is 14.8. The summed E-state index contributed by atoms with van der Waals surface area (Å²) in [6.45, 7) is 3.72. The second kappa shape index (κ2) is 7.85. The Balaban J connectivity index is 2.14. The van der Waals surface area contributed by atoms with Gasteiger partial charge in [-0.2, -0.15) is 0 Å². The van der Waals surface area contributed by atoms with Crippen molar-refractivity contribution < 1.29 is 9.53 Å². The van der Waals surface area contributed by atoms with Crippen molar-refractivity contribution in [3.05, 3.63) is 90.5 Å². The third-order valence-electron chi connectivity index (χ3n) is 3.12. The molecule has 1 unspecified atom stereocenters. The van der Waals surface area contributed by atoms with Crippen LogP contribution in [0.3, 0.4) is 0 Å². The van der Waals surface area contributed by atoms with Crippen LogP contribution in [-0.2, 0) is 9.53 Å². The van der Waals surface area contributed by atoms with Crippen LogP contribution in [0.25, 0.3) is 6.08 Å². The van der Waals surface area contributed by atoms with Gasteiger partial charge in [0.2, 0.25) is 0 Å². The molecular formula is C19H18O2. The summed E-state index contributed by atoms with van der Waals surface area (Å²) >= 11 is 0. The van der Waals surface area contributed by atoms with E-state index < -0.39 is 5.97 Å². The normalized spacial score (nSPS) is 12.0. The molecule has 2 aromatic rings. The molecule has 0 amide bonds. The second-order valence-electron chi connectivity index (χ2n) is 4.62. The largest absolute Gasteiger partial charge is 0.462 e. The van der Waals surface area contributed by atoms with Crippen molar-refractivity contribution in [1.29, 1.82) is 0 Å². The van der Waals surface area contributed by atoms with Gasteiger partial charge in [-0.1, -0.05) is 79.4 Å². The highest BCUT2D eigenvalue weighted by molar-refractivity contribution is 5.81. The number of rotatable bonds is 6. The van der Waals surface area contributed by atoms with Gasteiger partial charge in [0.1, 0.15) is 6.61 Å². The van der Waals surface area contributed by atoms with Crippen LogP contribution >= 0.6 is 0 Å². The minimum atomic E-state index is -0.399. The van der Waals surface area contributed by atoms with Gasteiger partial charge in [-0.05, 0) is 11.1 Å². The van der Waals surface area contributed by atoms with E-state index in [0.717, 1.165) is 11.1 Å². The Hall–Kier alpha value is -2.61. The Morgan fingerprint density at radius 1 is 1.05 bits per heavy atom. The molecule has 0 spiro atoms. The lowest BCUT2D eigenvalue weighted by Gasteiger charge is -2.13. The van der Waals surface area contributed by atoms with E-state index in [0.29, 0.717) is 6.61 Å². The molecule has 0 aliphatic heterocycles. The topological polar surface area (TPSA) is 26.3 Å². The first-order valence-corrected chi connectivity index (χ1v) is 6.87. The number of carbonyl (C=O) groups is 1. The Labute approximate surface area is 125 Å². The summed E-state index contributed by atoms with van der Waals surface area (Å²) in [6, 6.07) is 20.0. The summed E-state index contributed by atoms with van der Waals surface area (Å²) < 4.78 is 5.19. The van der Waals surface area contributed by atoms with E-state index in [-0.39, 0.29) is 5.92 Å². The van der Waals surface area contributed by atoms with Gasteiger partial charge in [0.25, 0.3) is 0 Å². The van der Waals surface area contributed by atoms with Gasteiger partial charge < -0.3 is 4.74 Å². The van der Waals surface area contributed by atoms with E-state index in [4.69, 9.17) is 4.74 Å². The standard InChI is InChI=1S/C19H18O2/c1-2-19(20)21-15-18(17-11-7-4-8-12-17)14-13-16-9-5-3-6-10-16/h2-14,18H,1,15H2/b14-13+. The summed E-state index contributed by atoms with van der Waals surface area (Å²) in [4.78, 5) is 11.3. The molecule has 2 nitrogen and oxygen atoms in total. The van der Waals surface area contributed by atoms with Crippen molar-refractivity contribution in [1.82, 2.24) is 0 Å². The van der Waals surface area contributed by atoms with Gasteiger partial charge in [0.15, 0.2) is 0 Å². The van der Waals surface area contributed by atoms with Gasteiger partial charge in [-0.3, -0.25) is 0 Å². The van der Waals surface area contributed by atoms with Crippen molar-refractivity contribution in [3.8, 4) is 0 Å². The predicted octanol–water partition coefficient (Wildman–Crippen LogP) is 4.21. The smallest absolute Gasteiger partial charge is 0.330 e. The third-order valence-corrected chi connectivity index (χ3v) is 3.12. The van der Waals surface area contributed by atoms with E-state index in [9.17, 15) is 4.79 Å². The molecule has 0 saturated heterocycles. The molecule has 0 radical (unpaired) electrons. The highest BCUT2D eigenvalue weighted by Crippen LogP contribution is 2.19. The molecule has 0 aliphatic carbocycles. The van der Waals surface area contributed by atoms with Gasteiger partial charge in [-0.15, -0.1) is 0 Å². The van der Waals surface area contributed by atoms with Crippen molar-refractivity contribution in [2.75, 3.05) is 6.61 Å². The zero-order valence-electron chi connectivity index (χ0n) is 11.8. The maximum atomic E-state index is 11.3. The molecule has 0 aliphatic rings. The fourth-order valence-corrected chi connectivity index (χ4v) is 1.99. The number of carbonyl (C=O) groups excluding carboxylic acids is 1. The van der Waals surface area contributed by atoms with Crippen LogP contribution < -0.4 is 0 Å². The van der Waals surface area contributed by atoms with Crippen LogP contribution in [0.2, 0.25) is 0 Å². The molecule has 2 heteroatoms. The van der Waals surface area contributed by atoms with Crippen LogP contribution in [0.15, 0.2) is 79.4 Å². The molecule has 2 aromatic carbocycles. The molecule has 106 valence electrons. The lowest BCUT2D eigenvalue weighted by atomic mass is 9.98. The first-order chi connectivity index (χ1) is 10.3. The molecular weight excluding hydrogens is 260 g/mol. The molecule has 0 bridgehead atoms. The fraction of sp³-hybridized carbons (Fsp3) is 0.105. The van der Waals surface area contributed by atoms with Crippen LogP contribution in [0.1, 0.15) is 17.0 Å². The minimum Gasteiger partial charge on any atom is -0.462 e. The summed E-state index contributed by atoms with van der Waals surface area (Å²) in [6.07, 6.45) is 5.28. The van der Waals surface area contributed by atoms with Gasteiger partial charge in [-0.25, -0.2) is 4.79 Å².